The van der Waals surface area contributed by atoms with Crippen LogP contribution in [-0.4, -0.2) is 0 Å². The van der Waals surface area contributed by atoms with Crippen LogP contribution in [0.25, 0.3) is 0 Å². The molecule has 2 saturated carbocycles. The van der Waals surface area contributed by atoms with Gasteiger partial charge in [0.05, 0.1) is 0 Å². The summed E-state index contributed by atoms with van der Waals surface area (Å²) in [6.45, 7) is 7.84. The Morgan fingerprint density at radius 3 is 2.93 bits per heavy atom. The third-order valence-corrected chi connectivity index (χ3v) is 6.45. The highest BCUT2D eigenvalue weighted by Gasteiger charge is 2.68. The topological polar surface area (TPSA) is 0 Å². The van der Waals surface area contributed by atoms with Crippen LogP contribution in [0.4, 0.5) is 0 Å². The molecule has 3 rings (SSSR count). The molecular weight excluding hydrogens is 180 g/mol. The molecule has 0 aromatic rings. The van der Waals surface area contributed by atoms with E-state index in [4.69, 9.17) is 1.37 Å². The number of hydrogen-bond acceptors (Lipinski definition) is 0. The van der Waals surface area contributed by atoms with Gasteiger partial charge in [-0.15, -0.1) is 0 Å². The molecule has 0 amide bonds. The summed E-state index contributed by atoms with van der Waals surface area (Å²) in [5.74, 6) is 0.814. The summed E-state index contributed by atoms with van der Waals surface area (Å²) in [7, 11) is 0. The van der Waals surface area contributed by atoms with E-state index in [0.29, 0.717) is 17.7 Å². The summed E-state index contributed by atoms with van der Waals surface area (Å²) in [6.07, 6.45) is 9.33. The Morgan fingerprint density at radius 1 is 1.40 bits per heavy atom. The fourth-order valence-electron chi connectivity index (χ4n) is 5.27. The molecule has 15 heavy (non-hydrogen) atoms. The van der Waals surface area contributed by atoms with Gasteiger partial charge in [0.1, 0.15) is 0 Å². The van der Waals surface area contributed by atoms with Crippen molar-refractivity contribution >= 4 is 0 Å². The van der Waals surface area contributed by atoms with Crippen LogP contribution in [0.5, 0.6) is 0 Å². The van der Waals surface area contributed by atoms with E-state index in [1.165, 1.54) is 32.1 Å². The van der Waals surface area contributed by atoms with Gasteiger partial charge in [0.2, 0.25) is 0 Å². The van der Waals surface area contributed by atoms with Gasteiger partial charge in [0.25, 0.3) is 0 Å². The molecule has 0 radical (unpaired) electrons. The molecule has 4 atom stereocenters. The van der Waals surface area contributed by atoms with Gasteiger partial charge >= 0.3 is 0 Å². The second-order valence-corrected chi connectivity index (χ2v) is 6.57. The minimum atomic E-state index is 0.256. The summed E-state index contributed by atoms with van der Waals surface area (Å²) in [5, 5.41) is 0. The fourth-order valence-corrected chi connectivity index (χ4v) is 5.27. The van der Waals surface area contributed by atoms with Crippen LogP contribution in [0.15, 0.2) is 11.6 Å². The Balaban J connectivity index is 2.20. The Kier molecular flexibility index (Phi) is 1.49. The first-order chi connectivity index (χ1) is 7.52. The van der Waals surface area contributed by atoms with E-state index in [1.807, 2.05) is 0 Å². The first kappa shape index (κ1) is 8.84. The predicted molar refractivity (Wildman–Crippen MR) is 64.7 cm³/mol. The van der Waals surface area contributed by atoms with Crippen molar-refractivity contribution in [2.45, 2.75) is 59.8 Å². The van der Waals surface area contributed by atoms with Crippen molar-refractivity contribution in [1.29, 1.82) is 0 Å². The third kappa shape index (κ3) is 0.797. The Hall–Kier alpha value is -0.260. The van der Waals surface area contributed by atoms with Crippen LogP contribution in [-0.2, 0) is 0 Å². The quantitative estimate of drug-likeness (QED) is 0.509. The number of hydrogen-bond donors (Lipinski definition) is 0. The van der Waals surface area contributed by atoms with Crippen LogP contribution in [0.3, 0.4) is 0 Å². The Labute approximate surface area is 95.5 Å². The molecule has 0 N–H and O–H groups in total. The molecule has 2 fully saturated rings. The van der Waals surface area contributed by atoms with Crippen molar-refractivity contribution in [2.75, 3.05) is 0 Å². The van der Waals surface area contributed by atoms with Gasteiger partial charge in [-0.05, 0) is 54.8 Å². The maximum absolute atomic E-state index is 8.11. The molecule has 3 aliphatic carbocycles. The normalized spacial score (nSPS) is 58.7. The summed E-state index contributed by atoms with van der Waals surface area (Å²) in [6, 6.07) is 0. The van der Waals surface area contributed by atoms with Gasteiger partial charge in [-0.1, -0.05) is 38.8 Å². The van der Waals surface area contributed by atoms with Crippen molar-refractivity contribution in [3.8, 4) is 0 Å². The molecule has 0 nitrogen and oxygen atoms in total. The highest BCUT2D eigenvalue weighted by atomic mass is 14.7. The minimum absolute atomic E-state index is 0.256. The van der Waals surface area contributed by atoms with Crippen molar-refractivity contribution in [2.24, 2.45) is 22.2 Å². The predicted octanol–water partition coefficient (Wildman–Crippen LogP) is 4.56. The Bertz CT molecular complexity index is 358. The lowest BCUT2D eigenvalue weighted by Gasteiger charge is -2.46. The average Bonchev–Trinajstić information content (AvgIpc) is 2.80. The average molecular weight is 205 g/mol. The van der Waals surface area contributed by atoms with Crippen molar-refractivity contribution in [1.82, 2.24) is 0 Å². The zero-order valence-corrected chi connectivity index (χ0v) is 10.4. The molecule has 0 aromatic carbocycles. The van der Waals surface area contributed by atoms with E-state index in [0.717, 1.165) is 5.92 Å². The van der Waals surface area contributed by atoms with Gasteiger partial charge in [-0.25, -0.2) is 0 Å². The smallest absolute Gasteiger partial charge is 0.0240 e. The van der Waals surface area contributed by atoms with Gasteiger partial charge in [-0.3, -0.25) is 0 Å². The third-order valence-electron chi connectivity index (χ3n) is 6.45. The number of rotatable bonds is 0. The first-order valence-corrected chi connectivity index (χ1v) is 6.52. The SMILES string of the molecule is [2H]C[C@]12CCC[C@]13CC[C@H](C)[C@]3(C)C=C2C. The molecule has 0 aliphatic heterocycles. The van der Waals surface area contributed by atoms with Crippen molar-refractivity contribution < 1.29 is 1.37 Å². The lowest BCUT2D eigenvalue weighted by Crippen LogP contribution is -2.40. The standard InChI is InChI=1S/C15H24/c1-11-6-9-15-8-5-7-13(15,3)12(2)10-14(11,15)4/h10-11H,5-9H2,1-4H3/t11-,13+,14-,15-/m0/s1/i3D. The van der Waals surface area contributed by atoms with E-state index in [-0.39, 0.29) is 5.41 Å². The van der Waals surface area contributed by atoms with Crippen LogP contribution >= 0.6 is 0 Å². The van der Waals surface area contributed by atoms with Crippen molar-refractivity contribution in [3.05, 3.63) is 11.6 Å². The van der Waals surface area contributed by atoms with Crippen molar-refractivity contribution in [3.63, 3.8) is 0 Å². The highest BCUT2D eigenvalue weighted by molar-refractivity contribution is 5.36. The van der Waals surface area contributed by atoms with E-state index >= 15 is 0 Å². The second kappa shape index (κ2) is 2.52. The van der Waals surface area contributed by atoms with Gasteiger partial charge in [-0.2, -0.15) is 0 Å². The van der Waals surface area contributed by atoms with E-state index < -0.39 is 0 Å². The molecule has 84 valence electrons. The van der Waals surface area contributed by atoms with Crippen LogP contribution in [0.2, 0.25) is 0 Å². The molecule has 0 heteroatoms. The summed E-state index contributed by atoms with van der Waals surface area (Å²) < 4.78 is 8.11. The molecule has 0 saturated heterocycles. The molecule has 0 unspecified atom stereocenters. The van der Waals surface area contributed by atoms with Gasteiger partial charge in [0, 0.05) is 1.37 Å². The minimum Gasteiger partial charge on any atom is -0.0782 e. The lowest BCUT2D eigenvalue weighted by molar-refractivity contribution is 0.0451. The van der Waals surface area contributed by atoms with Crippen LogP contribution in [0.1, 0.15) is 61.1 Å². The summed E-state index contributed by atoms with van der Waals surface area (Å²) >= 11 is 0. The van der Waals surface area contributed by atoms with Gasteiger partial charge < -0.3 is 0 Å². The largest absolute Gasteiger partial charge is 0.0782 e. The second-order valence-electron chi connectivity index (χ2n) is 6.57. The maximum Gasteiger partial charge on any atom is 0.0240 e. The molecule has 0 heterocycles. The molecule has 1 spiro atoms. The lowest BCUT2D eigenvalue weighted by atomic mass is 9.57. The van der Waals surface area contributed by atoms with Gasteiger partial charge in [0.15, 0.2) is 0 Å². The molecular formula is C15H24. The fraction of sp³-hybridized carbons (Fsp3) is 0.867. The van der Waals surface area contributed by atoms with E-state index in [9.17, 15) is 0 Å². The maximum atomic E-state index is 8.11. The summed E-state index contributed by atoms with van der Waals surface area (Å²) in [5.41, 5.74) is 2.67. The van der Waals surface area contributed by atoms with Crippen LogP contribution in [0, 0.1) is 22.2 Å². The molecule has 0 aromatic heterocycles. The highest BCUT2D eigenvalue weighted by Crippen LogP contribution is 2.76. The van der Waals surface area contributed by atoms with E-state index in [1.54, 1.807) is 5.57 Å². The van der Waals surface area contributed by atoms with Crippen LogP contribution < -0.4 is 0 Å². The molecule has 3 aliphatic rings. The number of allylic oxidation sites excluding steroid dienone is 2. The Morgan fingerprint density at radius 2 is 2.20 bits per heavy atom. The zero-order chi connectivity index (χ0) is 11.6. The van der Waals surface area contributed by atoms with E-state index in [2.05, 4.69) is 26.8 Å². The monoisotopic (exact) mass is 205 g/mol. The summed E-state index contributed by atoms with van der Waals surface area (Å²) in [4.78, 5) is 0. The molecule has 0 bridgehead atoms. The first-order valence-electron chi connectivity index (χ1n) is 7.22. The zero-order valence-electron chi connectivity index (χ0n) is 11.4.